The van der Waals surface area contributed by atoms with Gasteiger partial charge >= 0.3 is 0 Å². The summed E-state index contributed by atoms with van der Waals surface area (Å²) < 4.78 is 0. The lowest BCUT2D eigenvalue weighted by Crippen LogP contribution is -2.33. The topological polar surface area (TPSA) is 12.0 Å². The summed E-state index contributed by atoms with van der Waals surface area (Å²) >= 11 is 0. The van der Waals surface area contributed by atoms with Gasteiger partial charge in [-0.15, -0.1) is 0 Å². The van der Waals surface area contributed by atoms with E-state index in [9.17, 15) is 0 Å². The quantitative estimate of drug-likeness (QED) is 0.816. The Hall–Kier alpha value is -0.820. The molecule has 1 saturated carbocycles. The molecular weight excluding hydrogens is 206 g/mol. The van der Waals surface area contributed by atoms with E-state index in [4.69, 9.17) is 0 Å². The number of piperidine rings is 1. The molecule has 1 aromatic rings. The Balaban J connectivity index is 1.77. The van der Waals surface area contributed by atoms with Crippen molar-refractivity contribution in [3.05, 3.63) is 35.4 Å². The van der Waals surface area contributed by atoms with Gasteiger partial charge < -0.3 is 5.32 Å². The van der Waals surface area contributed by atoms with Gasteiger partial charge in [-0.05, 0) is 54.7 Å². The standard InChI is InChI=1S/C16H23N/c1-12-8-16(11-17-10-12)15-7-3-6-14(9-15)13-4-2-5-13/h3,6-7,9,12-13,16-17H,2,4-5,8,10-11H2,1H3. The van der Waals surface area contributed by atoms with Gasteiger partial charge in [0.15, 0.2) is 0 Å². The third kappa shape index (κ3) is 2.40. The van der Waals surface area contributed by atoms with Gasteiger partial charge in [0.2, 0.25) is 0 Å². The lowest BCUT2D eigenvalue weighted by Gasteiger charge is -2.30. The second-order valence-corrected chi connectivity index (χ2v) is 5.99. The molecule has 1 nitrogen and oxygen atoms in total. The van der Waals surface area contributed by atoms with Crippen LogP contribution in [0.25, 0.3) is 0 Å². The lowest BCUT2D eigenvalue weighted by atomic mass is 9.78. The first-order valence-electron chi connectivity index (χ1n) is 7.13. The highest BCUT2D eigenvalue weighted by atomic mass is 14.9. The second-order valence-electron chi connectivity index (χ2n) is 5.99. The summed E-state index contributed by atoms with van der Waals surface area (Å²) in [5, 5.41) is 3.56. The molecule has 1 heteroatoms. The van der Waals surface area contributed by atoms with Crippen LogP contribution in [-0.2, 0) is 0 Å². The van der Waals surface area contributed by atoms with Crippen molar-refractivity contribution < 1.29 is 0 Å². The first-order valence-corrected chi connectivity index (χ1v) is 7.13. The maximum atomic E-state index is 3.56. The molecule has 0 aromatic heterocycles. The fourth-order valence-corrected chi connectivity index (χ4v) is 3.22. The highest BCUT2D eigenvalue weighted by Crippen LogP contribution is 2.37. The number of hydrogen-bond donors (Lipinski definition) is 1. The second kappa shape index (κ2) is 4.81. The van der Waals surface area contributed by atoms with Crippen LogP contribution in [0.1, 0.15) is 55.6 Å². The fourth-order valence-electron chi connectivity index (χ4n) is 3.22. The Kier molecular flexibility index (Phi) is 3.19. The molecule has 1 heterocycles. The van der Waals surface area contributed by atoms with E-state index in [0.29, 0.717) is 0 Å². The van der Waals surface area contributed by atoms with Gasteiger partial charge in [-0.2, -0.15) is 0 Å². The summed E-state index contributed by atoms with van der Waals surface area (Å²) in [5.74, 6) is 2.42. The van der Waals surface area contributed by atoms with Crippen molar-refractivity contribution in [1.29, 1.82) is 0 Å². The van der Waals surface area contributed by atoms with Crippen LogP contribution >= 0.6 is 0 Å². The normalized spacial score (nSPS) is 29.9. The number of benzene rings is 1. The summed E-state index contributed by atoms with van der Waals surface area (Å²) in [5.41, 5.74) is 3.15. The number of rotatable bonds is 2. The maximum Gasteiger partial charge on any atom is 0.00203 e. The van der Waals surface area contributed by atoms with Crippen LogP contribution in [0.4, 0.5) is 0 Å². The van der Waals surface area contributed by atoms with Crippen LogP contribution < -0.4 is 5.32 Å². The summed E-state index contributed by atoms with van der Waals surface area (Å²) in [4.78, 5) is 0. The first-order chi connectivity index (χ1) is 8.33. The smallest absolute Gasteiger partial charge is 0.00203 e. The van der Waals surface area contributed by atoms with Crippen molar-refractivity contribution in [2.45, 2.75) is 44.4 Å². The van der Waals surface area contributed by atoms with Gasteiger partial charge in [-0.3, -0.25) is 0 Å². The zero-order valence-electron chi connectivity index (χ0n) is 10.8. The van der Waals surface area contributed by atoms with Crippen LogP contribution in [-0.4, -0.2) is 13.1 Å². The lowest BCUT2D eigenvalue weighted by molar-refractivity contribution is 0.363. The van der Waals surface area contributed by atoms with Crippen molar-refractivity contribution >= 4 is 0 Å². The molecule has 2 fully saturated rings. The molecule has 1 N–H and O–H groups in total. The van der Waals surface area contributed by atoms with Crippen LogP contribution in [0.3, 0.4) is 0 Å². The monoisotopic (exact) mass is 229 g/mol. The maximum absolute atomic E-state index is 3.56. The molecule has 1 aliphatic heterocycles. The van der Waals surface area contributed by atoms with Gasteiger partial charge in [0, 0.05) is 6.54 Å². The summed E-state index contributed by atoms with van der Waals surface area (Å²) in [6, 6.07) is 9.40. The number of nitrogens with one attached hydrogen (secondary N) is 1. The number of hydrogen-bond acceptors (Lipinski definition) is 1. The summed E-state index contributed by atoms with van der Waals surface area (Å²) in [6.45, 7) is 4.71. The SMILES string of the molecule is CC1CNCC(c2cccc(C3CCC3)c2)C1. The Morgan fingerprint density at radius 2 is 1.82 bits per heavy atom. The molecule has 0 amide bonds. The van der Waals surface area contributed by atoms with E-state index in [2.05, 4.69) is 36.5 Å². The van der Waals surface area contributed by atoms with E-state index in [0.717, 1.165) is 17.8 Å². The molecule has 1 saturated heterocycles. The highest BCUT2D eigenvalue weighted by molar-refractivity contribution is 5.30. The summed E-state index contributed by atoms with van der Waals surface area (Å²) in [6.07, 6.45) is 5.59. The van der Waals surface area contributed by atoms with Crippen LogP contribution in [0, 0.1) is 5.92 Å². The van der Waals surface area contributed by atoms with Crippen molar-refractivity contribution in [1.82, 2.24) is 5.32 Å². The molecule has 2 aliphatic rings. The van der Waals surface area contributed by atoms with Crippen molar-refractivity contribution in [3.8, 4) is 0 Å². The highest BCUT2D eigenvalue weighted by Gasteiger charge is 2.23. The Morgan fingerprint density at radius 3 is 2.47 bits per heavy atom. The third-order valence-electron chi connectivity index (χ3n) is 4.53. The van der Waals surface area contributed by atoms with Crippen molar-refractivity contribution in [2.24, 2.45) is 5.92 Å². The average Bonchev–Trinajstić information content (AvgIpc) is 2.27. The molecule has 3 rings (SSSR count). The van der Waals surface area contributed by atoms with Gasteiger partial charge in [-0.1, -0.05) is 37.6 Å². The largest absolute Gasteiger partial charge is 0.316 e. The molecule has 2 unspecified atom stereocenters. The molecule has 0 bridgehead atoms. The molecule has 0 radical (unpaired) electrons. The Labute approximate surface area is 105 Å². The molecule has 17 heavy (non-hydrogen) atoms. The Bertz CT molecular complexity index is 381. The van der Waals surface area contributed by atoms with E-state index in [1.165, 1.54) is 38.8 Å². The van der Waals surface area contributed by atoms with Crippen LogP contribution in [0.15, 0.2) is 24.3 Å². The first kappa shape index (κ1) is 11.3. The third-order valence-corrected chi connectivity index (χ3v) is 4.53. The minimum Gasteiger partial charge on any atom is -0.316 e. The molecule has 1 aromatic carbocycles. The molecular formula is C16H23N. The van der Waals surface area contributed by atoms with E-state index < -0.39 is 0 Å². The van der Waals surface area contributed by atoms with E-state index >= 15 is 0 Å². The zero-order chi connectivity index (χ0) is 11.7. The predicted molar refractivity (Wildman–Crippen MR) is 72.4 cm³/mol. The van der Waals surface area contributed by atoms with Gasteiger partial charge in [0.25, 0.3) is 0 Å². The van der Waals surface area contributed by atoms with Gasteiger partial charge in [-0.25, -0.2) is 0 Å². The average molecular weight is 229 g/mol. The fraction of sp³-hybridized carbons (Fsp3) is 0.625. The van der Waals surface area contributed by atoms with Crippen molar-refractivity contribution in [2.75, 3.05) is 13.1 Å². The summed E-state index contributed by atoms with van der Waals surface area (Å²) in [7, 11) is 0. The van der Waals surface area contributed by atoms with E-state index in [1.54, 1.807) is 11.1 Å². The molecule has 92 valence electrons. The Morgan fingerprint density at radius 1 is 1.06 bits per heavy atom. The van der Waals surface area contributed by atoms with E-state index in [1.807, 2.05) is 0 Å². The van der Waals surface area contributed by atoms with Crippen LogP contribution in [0.2, 0.25) is 0 Å². The zero-order valence-corrected chi connectivity index (χ0v) is 10.8. The minimum atomic E-state index is 0.735. The van der Waals surface area contributed by atoms with Crippen LogP contribution in [0.5, 0.6) is 0 Å². The van der Waals surface area contributed by atoms with E-state index in [-0.39, 0.29) is 0 Å². The predicted octanol–water partition coefficient (Wildman–Crippen LogP) is 3.67. The van der Waals surface area contributed by atoms with Crippen molar-refractivity contribution in [3.63, 3.8) is 0 Å². The van der Waals surface area contributed by atoms with Gasteiger partial charge in [0.05, 0.1) is 0 Å². The van der Waals surface area contributed by atoms with Gasteiger partial charge in [0.1, 0.15) is 0 Å². The molecule has 2 atom stereocenters. The molecule has 1 aliphatic carbocycles. The minimum absolute atomic E-state index is 0.735. The molecule has 0 spiro atoms.